The maximum absolute atomic E-state index is 11.6. The number of rotatable bonds is 8. The third-order valence-corrected chi connectivity index (χ3v) is 8.82. The molecule has 5 atom stereocenters. The van der Waals surface area contributed by atoms with Crippen LogP contribution in [0.4, 0.5) is 5.82 Å². The summed E-state index contributed by atoms with van der Waals surface area (Å²) in [7, 11) is -12.2. The van der Waals surface area contributed by atoms with Crippen molar-refractivity contribution in [1.82, 2.24) is 19.5 Å². The Bertz CT molecular complexity index is 1160. The summed E-state index contributed by atoms with van der Waals surface area (Å²) in [6, 6.07) is 0. The monoisotopic (exact) mass is 650 g/mol. The van der Waals surface area contributed by atoms with E-state index in [1.54, 1.807) is 0 Å². The molecule has 1 saturated heterocycles. The molecule has 4 N–H and O–H groups in total. The number of nitrogen functional groups attached to an aromatic ring is 1. The third-order valence-electron chi connectivity index (χ3n) is 3.75. The molecule has 0 radical (unpaired) electrons. The minimum absolute atomic E-state index is 0. The molecule has 27 heteroatoms. The number of aliphatic hydroxyl groups is 2. The van der Waals surface area contributed by atoms with Crippen molar-refractivity contribution in [2.75, 3.05) is 5.73 Å². The van der Waals surface area contributed by atoms with Crippen molar-refractivity contribution in [3.8, 4) is 0 Å². The molecule has 1 fully saturated rings. The smallest absolute Gasteiger partial charge is 0.790 e. The summed E-state index contributed by atoms with van der Waals surface area (Å²) in [5, 5.41) is 20.1. The van der Waals surface area contributed by atoms with Crippen LogP contribution in [0.5, 0.6) is 0 Å². The Kier molecular flexibility index (Phi) is 23.0. The van der Waals surface area contributed by atoms with Gasteiger partial charge in [0.15, 0.2) is 18.2 Å². The molecule has 2 aromatic heterocycles. The average molecular weight is 650 g/mol. The van der Waals surface area contributed by atoms with Crippen molar-refractivity contribution in [1.29, 1.82) is 0 Å². The Labute approximate surface area is 323 Å². The second kappa shape index (κ2) is 18.7. The Balaban J connectivity index is -0.00000231. The van der Waals surface area contributed by atoms with E-state index >= 15 is 0 Å². The van der Waals surface area contributed by atoms with E-state index in [1.807, 2.05) is 0 Å². The normalized spacial score (nSPS) is 21.6. The standard InChI is InChI=1S/C10H15N5O13P3S.5Na/c11-8-6-9(13-2-12-8)15(3-14-6)5-1-4(16)7(25-5)10(17)26-32-31(23,24)28-30(21,22)27-29(18,19)20;;;;;/h2-5,7,10,16-17H,1H2,(H5-2,11,12,13,18,19,20,21,22,23,24);;;;;/q-1;5*+1/p-3/t4-,5+,7-,10?;;;;;/m0...../s1. The van der Waals surface area contributed by atoms with Gasteiger partial charge in [-0.05, 0) is 0 Å². The van der Waals surface area contributed by atoms with Crippen molar-refractivity contribution in [2.45, 2.75) is 31.1 Å². The first kappa shape index (κ1) is 45.4. The van der Waals surface area contributed by atoms with Crippen molar-refractivity contribution in [3.63, 3.8) is 0 Å². The van der Waals surface area contributed by atoms with Crippen molar-refractivity contribution in [3.05, 3.63) is 12.7 Å². The fourth-order valence-electron chi connectivity index (χ4n) is 2.61. The Morgan fingerprint density at radius 1 is 1.08 bits per heavy atom. The van der Waals surface area contributed by atoms with Gasteiger partial charge in [0.1, 0.15) is 24.2 Å². The molecular weight excluding hydrogens is 638 g/mol. The van der Waals surface area contributed by atoms with Gasteiger partial charge in [0, 0.05) is 6.42 Å². The first-order valence-corrected chi connectivity index (χ1v) is 13.8. The SMILES string of the molecule is Nc1ncnc2c1ncn2[C@H]1C[C@H](O)[C@@H](C(O)O[S+]=P([O-])([O-])OP(=O)([O-])OP(=O)([O-])[O-])O1.[Na+].[Na+].[Na+].[Na+].[Na+]. The van der Waals surface area contributed by atoms with Gasteiger partial charge in [0.2, 0.25) is 6.29 Å². The number of imidazole rings is 1. The van der Waals surface area contributed by atoms with Crippen LogP contribution in [0.25, 0.3) is 11.2 Å². The van der Waals surface area contributed by atoms with E-state index in [-0.39, 0.29) is 171 Å². The van der Waals surface area contributed by atoms with E-state index in [2.05, 4.69) is 27.8 Å². The maximum Gasteiger partial charge on any atom is 1.00 e. The van der Waals surface area contributed by atoms with E-state index < -0.39 is 58.3 Å². The fraction of sp³-hybridized carbons (Fsp3) is 0.500. The molecule has 0 amide bonds. The number of fused-ring (bicyclic) bond motifs is 1. The van der Waals surface area contributed by atoms with E-state index in [0.717, 1.165) is 6.33 Å². The number of ether oxygens (including phenoxy) is 1. The van der Waals surface area contributed by atoms with Gasteiger partial charge in [-0.3, -0.25) is 17.8 Å². The third kappa shape index (κ3) is 13.7. The largest absolute Gasteiger partial charge is 1.00 e. The van der Waals surface area contributed by atoms with Crippen LogP contribution in [0.2, 0.25) is 0 Å². The van der Waals surface area contributed by atoms with Crippen LogP contribution in [-0.2, 0) is 37.9 Å². The minimum atomic E-state index is -6.13. The van der Waals surface area contributed by atoms with Crippen molar-refractivity contribution < 1.29 is 209 Å². The molecule has 0 spiro atoms. The van der Waals surface area contributed by atoms with Gasteiger partial charge in [0.25, 0.3) is 7.82 Å². The first-order valence-electron chi connectivity index (χ1n) is 8.04. The molecule has 1 aliphatic heterocycles. The molecule has 3 rings (SSSR count). The van der Waals surface area contributed by atoms with Crippen LogP contribution in [0.3, 0.4) is 0 Å². The molecule has 180 valence electrons. The van der Waals surface area contributed by atoms with Crippen LogP contribution in [0.15, 0.2) is 12.7 Å². The van der Waals surface area contributed by atoms with Gasteiger partial charge in [-0.25, -0.2) is 15.0 Å². The molecule has 0 bridgehead atoms. The molecule has 3 heterocycles. The molecule has 0 saturated carbocycles. The summed E-state index contributed by atoms with van der Waals surface area (Å²) < 4.78 is 39.2. The van der Waals surface area contributed by atoms with Crippen LogP contribution in [-0.4, -0.2) is 48.2 Å². The molecule has 18 nitrogen and oxygen atoms in total. The van der Waals surface area contributed by atoms with Crippen LogP contribution >= 0.6 is 22.4 Å². The second-order valence-corrected chi connectivity index (χ2v) is 12.1. The number of phosphoric acid groups is 2. The maximum atomic E-state index is 11.6. The number of anilines is 1. The summed E-state index contributed by atoms with van der Waals surface area (Å²) in [6.45, 7) is -5.61. The molecule has 2 aromatic rings. The zero-order valence-corrected chi connectivity index (χ0v) is 33.7. The average Bonchev–Trinajstić information content (AvgIpc) is 3.21. The van der Waals surface area contributed by atoms with Crippen LogP contribution in [0, 0.1) is 0 Å². The number of hydrogen-bond donors (Lipinski definition) is 3. The molecule has 0 aliphatic carbocycles. The van der Waals surface area contributed by atoms with Gasteiger partial charge in [0.05, 0.1) is 20.3 Å². The van der Waals surface area contributed by atoms with Crippen molar-refractivity contribution in [2.24, 2.45) is 0 Å². The Morgan fingerprint density at radius 2 is 1.68 bits per heavy atom. The van der Waals surface area contributed by atoms with E-state index in [1.165, 1.54) is 10.9 Å². The number of hydrogen-bond acceptors (Lipinski definition) is 17. The number of aromatic nitrogens is 4. The molecule has 2 unspecified atom stereocenters. The minimum Gasteiger partial charge on any atom is -0.790 e. The van der Waals surface area contributed by atoms with Gasteiger partial charge < -0.3 is 49.7 Å². The summed E-state index contributed by atoms with van der Waals surface area (Å²) >= 11 is -0.734. The molecule has 37 heavy (non-hydrogen) atoms. The zero-order chi connectivity index (χ0) is 23.9. The predicted molar refractivity (Wildman–Crippen MR) is 93.0 cm³/mol. The van der Waals surface area contributed by atoms with Crippen LogP contribution < -0.4 is 178 Å². The van der Waals surface area contributed by atoms with Crippen LogP contribution in [0.1, 0.15) is 12.6 Å². The van der Waals surface area contributed by atoms with Gasteiger partial charge in [-0.15, -0.1) is 0 Å². The van der Waals surface area contributed by atoms with Gasteiger partial charge >= 0.3 is 159 Å². The zero-order valence-electron chi connectivity index (χ0n) is 20.2. The summed E-state index contributed by atoms with van der Waals surface area (Å²) in [6.07, 6.45) is -3.67. The molecule has 1 aliphatic rings. The van der Waals surface area contributed by atoms with Crippen molar-refractivity contribution >= 4 is 50.6 Å². The predicted octanol–water partition coefficient (Wildman–Crippen LogP) is -19.9. The summed E-state index contributed by atoms with van der Waals surface area (Å²) in [4.78, 5) is 66.7. The van der Waals surface area contributed by atoms with E-state index in [4.69, 9.17) is 10.5 Å². The number of aliphatic hydroxyl groups excluding tert-OH is 2. The fourth-order valence-corrected chi connectivity index (χ4v) is 6.93. The van der Waals surface area contributed by atoms with E-state index in [9.17, 15) is 43.8 Å². The number of nitrogens with two attached hydrogens (primary N) is 1. The summed E-state index contributed by atoms with van der Waals surface area (Å²) in [5.41, 5.74) is 6.17. The topological polar surface area (TPSA) is 296 Å². The molecule has 0 aromatic carbocycles. The summed E-state index contributed by atoms with van der Waals surface area (Å²) in [5.74, 6) is 0.0831. The first-order chi connectivity index (χ1) is 14.7. The second-order valence-electron chi connectivity index (χ2n) is 6.01. The Hall–Kier alpha value is 4.02. The van der Waals surface area contributed by atoms with Gasteiger partial charge in [-0.2, -0.15) is 0 Å². The molecular formula is C10H12N5Na5O13P3S+. The number of nitrogens with zero attached hydrogens (tertiary/aromatic N) is 4. The van der Waals surface area contributed by atoms with Gasteiger partial charge in [-0.1, -0.05) is 4.18 Å². The quantitative estimate of drug-likeness (QED) is 0.0785. The van der Waals surface area contributed by atoms with E-state index in [0.29, 0.717) is 0 Å². The Morgan fingerprint density at radius 3 is 2.24 bits per heavy atom.